The molecule has 0 aromatic heterocycles. The lowest BCUT2D eigenvalue weighted by Gasteiger charge is -2.38. The van der Waals surface area contributed by atoms with E-state index in [4.69, 9.17) is 21.1 Å². The maximum absolute atomic E-state index is 13.6. The molecule has 3 aromatic rings. The number of benzene rings is 3. The highest BCUT2D eigenvalue weighted by Crippen LogP contribution is 2.42. The number of amides is 2. The predicted molar refractivity (Wildman–Crippen MR) is 119 cm³/mol. The molecule has 0 fully saturated rings. The number of carbonyl (C=O) groups excluding carboxylic acids is 1. The van der Waals surface area contributed by atoms with E-state index >= 15 is 0 Å². The van der Waals surface area contributed by atoms with Crippen molar-refractivity contribution in [2.45, 2.75) is 12.5 Å². The lowest BCUT2D eigenvalue weighted by atomic mass is 9.87. The number of nitrogens with zero attached hydrogens (tertiary/aromatic N) is 1. The van der Waals surface area contributed by atoms with Crippen LogP contribution in [-0.2, 0) is 6.42 Å². The number of fused-ring (bicyclic) bond motifs is 1. The Morgan fingerprint density at radius 3 is 2.41 bits per heavy atom. The molecule has 32 heavy (non-hydrogen) atoms. The summed E-state index contributed by atoms with van der Waals surface area (Å²) < 4.78 is 37.8. The molecule has 0 bridgehead atoms. The molecule has 166 valence electrons. The van der Waals surface area contributed by atoms with Gasteiger partial charge in [-0.2, -0.15) is 0 Å². The van der Waals surface area contributed by atoms with Crippen LogP contribution < -0.4 is 14.8 Å². The first-order valence-electron chi connectivity index (χ1n) is 9.94. The minimum atomic E-state index is -1.04. The highest BCUT2D eigenvalue weighted by atomic mass is 35.5. The van der Waals surface area contributed by atoms with E-state index in [2.05, 4.69) is 5.32 Å². The summed E-state index contributed by atoms with van der Waals surface area (Å²) >= 11 is 6.52. The van der Waals surface area contributed by atoms with Crippen molar-refractivity contribution in [3.63, 3.8) is 0 Å². The van der Waals surface area contributed by atoms with E-state index in [0.717, 1.165) is 28.8 Å². The van der Waals surface area contributed by atoms with E-state index in [9.17, 15) is 13.6 Å². The number of hydrogen-bond acceptors (Lipinski definition) is 3. The van der Waals surface area contributed by atoms with Gasteiger partial charge in [0, 0.05) is 23.3 Å². The minimum absolute atomic E-state index is 0.157. The third-order valence-electron chi connectivity index (χ3n) is 5.51. The molecule has 2 amide bonds. The average molecular weight is 459 g/mol. The first-order chi connectivity index (χ1) is 15.4. The van der Waals surface area contributed by atoms with E-state index in [0.29, 0.717) is 29.5 Å². The molecule has 3 aromatic carbocycles. The Kier molecular flexibility index (Phi) is 6.19. The molecule has 0 unspecified atom stereocenters. The van der Waals surface area contributed by atoms with Crippen LogP contribution in [0.4, 0.5) is 19.3 Å². The van der Waals surface area contributed by atoms with Crippen molar-refractivity contribution in [3.05, 3.63) is 87.9 Å². The summed E-state index contributed by atoms with van der Waals surface area (Å²) in [5.74, 6) is -0.883. The molecule has 0 saturated heterocycles. The molecule has 1 aliphatic rings. The van der Waals surface area contributed by atoms with Crippen LogP contribution in [0.1, 0.15) is 22.7 Å². The van der Waals surface area contributed by atoms with Gasteiger partial charge < -0.3 is 19.7 Å². The fourth-order valence-electron chi connectivity index (χ4n) is 3.97. The Balaban J connectivity index is 1.77. The second-order valence-corrected chi connectivity index (χ2v) is 7.74. The summed E-state index contributed by atoms with van der Waals surface area (Å²) in [6, 6.07) is 13.3. The lowest BCUT2D eigenvalue weighted by Crippen LogP contribution is -2.43. The van der Waals surface area contributed by atoms with Crippen molar-refractivity contribution >= 4 is 23.3 Å². The van der Waals surface area contributed by atoms with Crippen LogP contribution in [0.15, 0.2) is 54.6 Å². The second-order valence-electron chi connectivity index (χ2n) is 7.33. The van der Waals surface area contributed by atoms with Gasteiger partial charge >= 0.3 is 6.03 Å². The van der Waals surface area contributed by atoms with Gasteiger partial charge in [-0.05, 0) is 53.4 Å². The van der Waals surface area contributed by atoms with Gasteiger partial charge in [0.2, 0.25) is 0 Å². The number of halogens is 3. The molecular weight excluding hydrogens is 438 g/mol. The molecule has 1 atom stereocenters. The third-order valence-corrected chi connectivity index (χ3v) is 5.85. The zero-order valence-corrected chi connectivity index (χ0v) is 18.2. The maximum Gasteiger partial charge on any atom is 0.322 e. The molecular formula is C24H21ClF2N2O3. The number of methoxy groups -OCH3 is 2. The second kappa shape index (κ2) is 9.04. The van der Waals surface area contributed by atoms with Crippen LogP contribution in [0.25, 0.3) is 0 Å². The number of carbonyl (C=O) groups is 1. The molecule has 1 aliphatic heterocycles. The van der Waals surface area contributed by atoms with E-state index in [-0.39, 0.29) is 5.69 Å². The van der Waals surface area contributed by atoms with Gasteiger partial charge in [-0.3, -0.25) is 0 Å². The average Bonchev–Trinajstić information content (AvgIpc) is 2.80. The molecule has 0 saturated carbocycles. The van der Waals surface area contributed by atoms with Crippen LogP contribution in [0.5, 0.6) is 11.5 Å². The van der Waals surface area contributed by atoms with Gasteiger partial charge in [0.05, 0.1) is 20.3 Å². The fourth-order valence-corrected chi connectivity index (χ4v) is 4.21. The number of rotatable bonds is 4. The van der Waals surface area contributed by atoms with E-state index in [1.807, 2.05) is 30.3 Å². The Labute approximate surface area is 189 Å². The molecule has 5 nitrogen and oxygen atoms in total. The van der Waals surface area contributed by atoms with Gasteiger partial charge in [0.15, 0.2) is 23.1 Å². The largest absolute Gasteiger partial charge is 0.493 e. The van der Waals surface area contributed by atoms with Gasteiger partial charge in [-0.15, -0.1) is 0 Å². The lowest BCUT2D eigenvalue weighted by molar-refractivity contribution is 0.193. The summed E-state index contributed by atoms with van der Waals surface area (Å²) in [6.45, 7) is 0.383. The SMILES string of the molecule is COc1cc2c(cc1OC)[C@@H](c1ccccc1Cl)N(C(=O)Nc1ccc(F)c(F)c1)CC2. The van der Waals surface area contributed by atoms with Gasteiger partial charge in [-0.1, -0.05) is 29.8 Å². The van der Waals surface area contributed by atoms with Crippen molar-refractivity contribution < 1.29 is 23.0 Å². The van der Waals surface area contributed by atoms with E-state index < -0.39 is 23.7 Å². The first kappa shape index (κ1) is 21.9. The third kappa shape index (κ3) is 4.08. The monoisotopic (exact) mass is 458 g/mol. The van der Waals surface area contributed by atoms with Gasteiger partial charge in [0.25, 0.3) is 0 Å². The van der Waals surface area contributed by atoms with Crippen molar-refractivity contribution in [1.29, 1.82) is 0 Å². The van der Waals surface area contributed by atoms with Crippen molar-refractivity contribution in [3.8, 4) is 11.5 Å². The summed E-state index contributed by atoms with van der Waals surface area (Å²) in [7, 11) is 3.12. The summed E-state index contributed by atoms with van der Waals surface area (Å²) in [4.78, 5) is 14.9. The Hall–Kier alpha value is -3.32. The van der Waals surface area contributed by atoms with Crippen LogP contribution in [-0.4, -0.2) is 31.7 Å². The highest BCUT2D eigenvalue weighted by Gasteiger charge is 2.34. The fraction of sp³-hybridized carbons (Fsp3) is 0.208. The van der Waals surface area contributed by atoms with Gasteiger partial charge in [0.1, 0.15) is 0 Å². The maximum atomic E-state index is 13.6. The Morgan fingerprint density at radius 1 is 1.00 bits per heavy atom. The summed E-state index contributed by atoms with van der Waals surface area (Å²) in [6.07, 6.45) is 0.571. The zero-order valence-electron chi connectivity index (χ0n) is 17.5. The molecule has 8 heteroatoms. The molecule has 4 rings (SSSR count). The van der Waals surface area contributed by atoms with Crippen molar-refractivity contribution in [2.75, 3.05) is 26.1 Å². The molecule has 0 radical (unpaired) electrons. The number of ether oxygens (including phenoxy) is 2. The smallest absolute Gasteiger partial charge is 0.322 e. The van der Waals surface area contributed by atoms with Crippen LogP contribution >= 0.6 is 11.6 Å². The number of urea groups is 1. The van der Waals surface area contributed by atoms with Crippen LogP contribution in [0.3, 0.4) is 0 Å². The normalized spacial score (nSPS) is 15.2. The number of hydrogen-bond donors (Lipinski definition) is 1. The molecule has 0 aliphatic carbocycles. The van der Waals surface area contributed by atoms with E-state index in [1.165, 1.54) is 6.07 Å². The standard InChI is InChI=1S/C24H21ClF2N2O3/c1-31-21-11-14-9-10-29(24(30)28-15-7-8-19(26)20(27)12-15)23(17(14)13-22(21)32-2)16-5-3-4-6-18(16)25/h3-8,11-13,23H,9-10H2,1-2H3,(H,28,30)/t23-/m1/s1. The number of nitrogens with one attached hydrogen (secondary N) is 1. The highest BCUT2D eigenvalue weighted by molar-refractivity contribution is 6.31. The first-order valence-corrected chi connectivity index (χ1v) is 10.3. The predicted octanol–water partition coefficient (Wildman–Crippen LogP) is 5.82. The van der Waals surface area contributed by atoms with Crippen LogP contribution in [0, 0.1) is 11.6 Å². The minimum Gasteiger partial charge on any atom is -0.493 e. The molecule has 1 N–H and O–H groups in total. The quantitative estimate of drug-likeness (QED) is 0.536. The topological polar surface area (TPSA) is 50.8 Å². The number of anilines is 1. The Morgan fingerprint density at radius 2 is 1.72 bits per heavy atom. The van der Waals surface area contributed by atoms with Gasteiger partial charge in [-0.25, -0.2) is 13.6 Å². The van der Waals surface area contributed by atoms with Crippen molar-refractivity contribution in [1.82, 2.24) is 4.90 Å². The zero-order chi connectivity index (χ0) is 22.8. The molecule has 1 heterocycles. The summed E-state index contributed by atoms with van der Waals surface area (Å²) in [5, 5.41) is 3.17. The van der Waals surface area contributed by atoms with Crippen molar-refractivity contribution in [2.24, 2.45) is 0 Å². The summed E-state index contributed by atoms with van der Waals surface area (Å²) in [5.41, 5.74) is 2.75. The van der Waals surface area contributed by atoms with Crippen LogP contribution in [0.2, 0.25) is 5.02 Å². The molecule has 0 spiro atoms. The Bertz CT molecular complexity index is 1170. The van der Waals surface area contributed by atoms with E-state index in [1.54, 1.807) is 25.2 Å².